The normalized spacial score (nSPS) is 11.4. The zero-order chi connectivity index (χ0) is 21.7. The van der Waals surface area contributed by atoms with Crippen LogP contribution in [0.5, 0.6) is 0 Å². The molecule has 0 unspecified atom stereocenters. The van der Waals surface area contributed by atoms with Gasteiger partial charge in [-0.3, -0.25) is 0 Å². The number of anilines is 2. The molecule has 0 aliphatic carbocycles. The van der Waals surface area contributed by atoms with E-state index < -0.39 is 0 Å². The first-order valence-corrected chi connectivity index (χ1v) is 12.1. The first-order valence-electron chi connectivity index (χ1n) is 11.3. The van der Waals surface area contributed by atoms with E-state index >= 15 is 0 Å². The lowest BCUT2D eigenvalue weighted by Gasteiger charge is -2.21. The van der Waals surface area contributed by atoms with Crippen LogP contribution in [-0.2, 0) is 6.42 Å². The first kappa shape index (κ1) is 22.9. The van der Waals surface area contributed by atoms with Crippen LogP contribution < -0.4 is 9.80 Å². The highest BCUT2D eigenvalue weighted by Gasteiger charge is 2.17. The summed E-state index contributed by atoms with van der Waals surface area (Å²) in [4.78, 5) is 9.45. The molecule has 0 radical (unpaired) electrons. The summed E-state index contributed by atoms with van der Waals surface area (Å²) in [5.41, 5.74) is 6.00. The highest BCUT2D eigenvalue weighted by molar-refractivity contribution is 9.10. The van der Waals surface area contributed by atoms with Gasteiger partial charge in [-0.05, 0) is 52.5 Å². The van der Waals surface area contributed by atoms with Gasteiger partial charge in [-0.2, -0.15) is 0 Å². The molecule has 0 N–H and O–H groups in total. The second kappa shape index (κ2) is 10.5. The van der Waals surface area contributed by atoms with Gasteiger partial charge in [0.25, 0.3) is 0 Å². The number of nitrogens with zero attached hydrogens (tertiary/aromatic N) is 3. The number of aromatic nitrogens is 1. The molecule has 2 aromatic carbocycles. The minimum Gasteiger partial charge on any atom is -0.377 e. The molecule has 162 valence electrons. The van der Waals surface area contributed by atoms with Gasteiger partial charge < -0.3 is 9.80 Å². The summed E-state index contributed by atoms with van der Waals surface area (Å²) in [6.45, 7) is 2.28. The number of pyridine rings is 1. The Labute approximate surface area is 190 Å². The molecule has 0 saturated heterocycles. The van der Waals surface area contributed by atoms with Crippen LogP contribution in [0, 0.1) is 0 Å². The fourth-order valence-corrected chi connectivity index (χ4v) is 5.24. The Morgan fingerprint density at radius 2 is 1.47 bits per heavy atom. The van der Waals surface area contributed by atoms with Crippen molar-refractivity contribution in [3.05, 3.63) is 40.4 Å². The summed E-state index contributed by atoms with van der Waals surface area (Å²) in [7, 11) is 8.39. The summed E-state index contributed by atoms with van der Waals surface area (Å²) < 4.78 is 1.16. The lowest BCUT2D eigenvalue weighted by atomic mass is 9.96. The molecule has 1 heterocycles. The van der Waals surface area contributed by atoms with E-state index in [1.54, 1.807) is 0 Å². The average Bonchev–Trinajstić information content (AvgIpc) is 2.71. The monoisotopic (exact) mass is 469 g/mol. The number of unbranched alkanes of at least 4 members (excludes halogenated alkanes) is 6. The highest BCUT2D eigenvalue weighted by Crippen LogP contribution is 2.39. The zero-order valence-electron chi connectivity index (χ0n) is 19.3. The van der Waals surface area contributed by atoms with Gasteiger partial charge in [0.1, 0.15) is 0 Å². The lowest BCUT2D eigenvalue weighted by molar-refractivity contribution is 0.590. The SMILES string of the molecule is CCCCCCCCCc1c2cccc(N(C)C)c2nc2ccc(N(C)C)c(Br)c12. The second-order valence-electron chi connectivity index (χ2n) is 8.72. The molecule has 0 bridgehead atoms. The Balaban J connectivity index is 2.04. The number of benzene rings is 2. The van der Waals surface area contributed by atoms with Crippen LogP contribution in [0.15, 0.2) is 34.8 Å². The van der Waals surface area contributed by atoms with Gasteiger partial charge in [0.05, 0.1) is 26.9 Å². The van der Waals surface area contributed by atoms with E-state index in [0.717, 1.165) is 21.9 Å². The minimum absolute atomic E-state index is 1.08. The van der Waals surface area contributed by atoms with E-state index in [9.17, 15) is 0 Å². The minimum atomic E-state index is 1.08. The highest BCUT2D eigenvalue weighted by atomic mass is 79.9. The van der Waals surface area contributed by atoms with Gasteiger partial charge in [-0.1, -0.05) is 57.6 Å². The molecular weight excluding hydrogens is 434 g/mol. The molecule has 0 saturated carbocycles. The van der Waals surface area contributed by atoms with E-state index in [0.29, 0.717) is 0 Å². The van der Waals surface area contributed by atoms with Gasteiger partial charge in [0, 0.05) is 39.0 Å². The Bertz CT molecular complexity index is 995. The van der Waals surface area contributed by atoms with Gasteiger partial charge in [-0.25, -0.2) is 4.98 Å². The molecular formula is C26H36BrN3. The molecule has 0 aliphatic heterocycles. The second-order valence-corrected chi connectivity index (χ2v) is 9.51. The number of para-hydroxylation sites is 1. The maximum absolute atomic E-state index is 5.11. The molecule has 3 aromatic rings. The van der Waals surface area contributed by atoms with Gasteiger partial charge >= 0.3 is 0 Å². The number of rotatable bonds is 10. The van der Waals surface area contributed by atoms with Crippen molar-refractivity contribution >= 4 is 49.1 Å². The predicted octanol–water partition coefficient (Wildman–Crippen LogP) is 7.58. The van der Waals surface area contributed by atoms with Crippen LogP contribution in [-0.4, -0.2) is 33.2 Å². The number of hydrogen-bond donors (Lipinski definition) is 0. The van der Waals surface area contributed by atoms with Crippen molar-refractivity contribution in [1.82, 2.24) is 4.98 Å². The maximum Gasteiger partial charge on any atom is 0.0945 e. The number of halogens is 1. The van der Waals surface area contributed by atoms with E-state index in [1.165, 1.54) is 72.7 Å². The quantitative estimate of drug-likeness (QED) is 0.225. The predicted molar refractivity (Wildman–Crippen MR) is 137 cm³/mol. The number of aryl methyl sites for hydroxylation is 1. The van der Waals surface area contributed by atoms with E-state index in [-0.39, 0.29) is 0 Å². The fourth-order valence-electron chi connectivity index (χ4n) is 4.31. The van der Waals surface area contributed by atoms with Crippen molar-refractivity contribution in [3.63, 3.8) is 0 Å². The van der Waals surface area contributed by atoms with E-state index in [4.69, 9.17) is 4.98 Å². The van der Waals surface area contributed by atoms with Gasteiger partial charge in [-0.15, -0.1) is 0 Å². The van der Waals surface area contributed by atoms with Crippen molar-refractivity contribution in [2.75, 3.05) is 38.0 Å². The van der Waals surface area contributed by atoms with Crippen LogP contribution in [0.2, 0.25) is 0 Å². The van der Waals surface area contributed by atoms with Crippen molar-refractivity contribution in [2.45, 2.75) is 58.3 Å². The van der Waals surface area contributed by atoms with Crippen LogP contribution >= 0.6 is 15.9 Å². The topological polar surface area (TPSA) is 19.4 Å². The zero-order valence-corrected chi connectivity index (χ0v) is 20.8. The summed E-state index contributed by atoms with van der Waals surface area (Å²) in [6, 6.07) is 10.9. The van der Waals surface area contributed by atoms with Gasteiger partial charge in [0.2, 0.25) is 0 Å². The molecule has 0 aliphatic rings. The number of fused-ring (bicyclic) bond motifs is 2. The van der Waals surface area contributed by atoms with Crippen LogP contribution in [0.3, 0.4) is 0 Å². The largest absolute Gasteiger partial charge is 0.377 e. The molecule has 0 fully saturated rings. The molecule has 1 aromatic heterocycles. The van der Waals surface area contributed by atoms with Crippen molar-refractivity contribution in [3.8, 4) is 0 Å². The molecule has 0 atom stereocenters. The smallest absolute Gasteiger partial charge is 0.0945 e. The third-order valence-electron chi connectivity index (χ3n) is 5.97. The molecule has 30 heavy (non-hydrogen) atoms. The molecule has 4 heteroatoms. The molecule has 3 nitrogen and oxygen atoms in total. The molecule has 0 spiro atoms. The van der Waals surface area contributed by atoms with Crippen LogP contribution in [0.4, 0.5) is 11.4 Å². The van der Waals surface area contributed by atoms with Crippen molar-refractivity contribution < 1.29 is 0 Å². The Kier molecular flexibility index (Phi) is 7.99. The summed E-state index contributed by atoms with van der Waals surface area (Å²) in [6.07, 6.45) is 10.4. The Hall–Kier alpha value is -1.81. The summed E-state index contributed by atoms with van der Waals surface area (Å²) in [5, 5.41) is 2.56. The number of hydrogen-bond acceptors (Lipinski definition) is 3. The summed E-state index contributed by atoms with van der Waals surface area (Å²) in [5.74, 6) is 0. The standard InChI is InChI=1S/C26H36BrN3/c1-6-7-8-9-10-11-12-14-19-20-15-13-16-23(30(4)5)26(20)28-21-17-18-22(29(2)3)25(27)24(19)21/h13,15-18H,6-12,14H2,1-5H3. The Morgan fingerprint density at radius 3 is 2.13 bits per heavy atom. The lowest BCUT2D eigenvalue weighted by Crippen LogP contribution is -2.11. The maximum atomic E-state index is 5.11. The van der Waals surface area contributed by atoms with Gasteiger partial charge in [0.15, 0.2) is 0 Å². The third-order valence-corrected chi connectivity index (χ3v) is 6.77. The van der Waals surface area contributed by atoms with Crippen molar-refractivity contribution in [1.29, 1.82) is 0 Å². The molecule has 3 rings (SSSR count). The van der Waals surface area contributed by atoms with Crippen molar-refractivity contribution in [2.24, 2.45) is 0 Å². The van der Waals surface area contributed by atoms with Crippen LogP contribution in [0.25, 0.3) is 21.8 Å². The molecule has 0 amide bonds. The first-order chi connectivity index (χ1) is 14.5. The average molecular weight is 470 g/mol. The third kappa shape index (κ3) is 4.91. The fraction of sp³-hybridized carbons (Fsp3) is 0.500. The Morgan fingerprint density at radius 1 is 0.800 bits per heavy atom. The van der Waals surface area contributed by atoms with E-state index in [2.05, 4.69) is 91.2 Å². The van der Waals surface area contributed by atoms with Crippen LogP contribution in [0.1, 0.15) is 57.4 Å². The summed E-state index contributed by atoms with van der Waals surface area (Å²) >= 11 is 3.93. The van der Waals surface area contributed by atoms with E-state index in [1.807, 2.05) is 0 Å².